The molecule has 0 bridgehead atoms. The summed E-state index contributed by atoms with van der Waals surface area (Å²) >= 11 is 5.81. The first kappa shape index (κ1) is 24.4. The molecule has 0 radical (unpaired) electrons. The predicted octanol–water partition coefficient (Wildman–Crippen LogP) is 5.22. The van der Waals surface area contributed by atoms with Crippen LogP contribution >= 0.6 is 11.6 Å². The van der Waals surface area contributed by atoms with Crippen LogP contribution in [0.15, 0.2) is 77.7 Å². The number of halogens is 3. The number of benzene rings is 3. The van der Waals surface area contributed by atoms with E-state index in [9.17, 15) is 22.0 Å². The van der Waals surface area contributed by atoms with Gasteiger partial charge in [0.25, 0.3) is 15.9 Å². The molecule has 0 unspecified atom stereocenters. The third-order valence-electron chi connectivity index (χ3n) is 4.96. The number of rotatable bonds is 7. The van der Waals surface area contributed by atoms with E-state index in [2.05, 4.69) is 15.1 Å². The summed E-state index contributed by atoms with van der Waals surface area (Å²) in [5, 5.41) is 7.30. The number of amides is 1. The van der Waals surface area contributed by atoms with Gasteiger partial charge in [0.15, 0.2) is 0 Å². The molecule has 1 amide bonds. The van der Waals surface area contributed by atoms with Gasteiger partial charge in [-0.15, -0.1) is 0 Å². The monoisotopic (exact) mass is 516 g/mol. The molecule has 4 rings (SSSR count). The predicted molar refractivity (Wildman–Crippen MR) is 129 cm³/mol. The summed E-state index contributed by atoms with van der Waals surface area (Å²) in [7, 11) is -4.30. The number of carbonyl (C=O) groups excluding carboxylic acids is 1. The van der Waals surface area contributed by atoms with Gasteiger partial charge in [-0.2, -0.15) is 5.10 Å². The Kier molecular flexibility index (Phi) is 6.86. The van der Waals surface area contributed by atoms with E-state index in [1.165, 1.54) is 47.1 Å². The number of carbonyl (C=O) groups is 1. The highest BCUT2D eigenvalue weighted by molar-refractivity contribution is 7.92. The SMILES string of the molecule is Cc1cc(C(=O)Nc2ccc(F)c(S(=O)(=O)Nc3ccc(Cl)cc3)c2)n(Cc2ccc(F)cc2)n1. The second-order valence-electron chi connectivity index (χ2n) is 7.67. The zero-order valence-corrected chi connectivity index (χ0v) is 19.9. The maximum atomic E-state index is 14.4. The minimum absolute atomic E-state index is 0.0695. The molecule has 0 aliphatic heterocycles. The van der Waals surface area contributed by atoms with Gasteiger partial charge in [-0.3, -0.25) is 14.2 Å². The van der Waals surface area contributed by atoms with Crippen molar-refractivity contribution < 1.29 is 22.0 Å². The van der Waals surface area contributed by atoms with E-state index >= 15 is 0 Å². The normalized spacial score (nSPS) is 11.3. The smallest absolute Gasteiger partial charge is 0.273 e. The lowest BCUT2D eigenvalue weighted by Crippen LogP contribution is -2.19. The summed E-state index contributed by atoms with van der Waals surface area (Å²) < 4.78 is 56.9. The molecule has 1 heterocycles. The summed E-state index contributed by atoms with van der Waals surface area (Å²) in [6.45, 7) is 1.92. The molecule has 0 aliphatic carbocycles. The molecule has 4 aromatic rings. The van der Waals surface area contributed by atoms with Crippen molar-refractivity contribution in [2.24, 2.45) is 0 Å². The molecule has 0 aliphatic rings. The van der Waals surface area contributed by atoms with Crippen molar-refractivity contribution in [3.05, 3.63) is 106 Å². The highest BCUT2D eigenvalue weighted by Gasteiger charge is 2.21. The molecule has 2 N–H and O–H groups in total. The highest BCUT2D eigenvalue weighted by Crippen LogP contribution is 2.24. The van der Waals surface area contributed by atoms with Gasteiger partial charge in [0.2, 0.25) is 0 Å². The number of aromatic nitrogens is 2. The van der Waals surface area contributed by atoms with Crippen molar-refractivity contribution in [3.8, 4) is 0 Å². The number of nitrogens with zero attached hydrogens (tertiary/aromatic N) is 2. The van der Waals surface area contributed by atoms with Crippen LogP contribution < -0.4 is 10.0 Å². The molecule has 180 valence electrons. The summed E-state index contributed by atoms with van der Waals surface area (Å²) in [5.74, 6) is -1.94. The third kappa shape index (κ3) is 5.84. The van der Waals surface area contributed by atoms with Crippen molar-refractivity contribution in [3.63, 3.8) is 0 Å². The Hall–Kier alpha value is -3.76. The zero-order valence-electron chi connectivity index (χ0n) is 18.3. The molecular formula is C24H19ClF2N4O3S. The lowest BCUT2D eigenvalue weighted by molar-refractivity contribution is 0.101. The van der Waals surface area contributed by atoms with E-state index in [0.717, 1.165) is 17.7 Å². The summed E-state index contributed by atoms with van der Waals surface area (Å²) in [6.07, 6.45) is 0. The van der Waals surface area contributed by atoms with Crippen molar-refractivity contribution in [1.29, 1.82) is 0 Å². The van der Waals surface area contributed by atoms with Gasteiger partial charge in [-0.1, -0.05) is 23.7 Å². The zero-order chi connectivity index (χ0) is 25.2. The Labute approximate surface area is 205 Å². The summed E-state index contributed by atoms with van der Waals surface area (Å²) in [6, 6.07) is 16.4. The quantitative estimate of drug-likeness (QED) is 0.352. The van der Waals surface area contributed by atoms with E-state index in [-0.39, 0.29) is 29.4 Å². The van der Waals surface area contributed by atoms with Crippen molar-refractivity contribution in [2.45, 2.75) is 18.4 Å². The number of hydrogen-bond donors (Lipinski definition) is 2. The van der Waals surface area contributed by atoms with Crippen LogP contribution in [0.25, 0.3) is 0 Å². The number of nitrogens with one attached hydrogen (secondary N) is 2. The molecule has 0 spiro atoms. The van der Waals surface area contributed by atoms with Crippen LogP contribution in [0.1, 0.15) is 21.7 Å². The van der Waals surface area contributed by atoms with Crippen LogP contribution in [-0.2, 0) is 16.6 Å². The Balaban J connectivity index is 1.56. The average Bonchev–Trinajstić information content (AvgIpc) is 3.18. The number of hydrogen-bond acceptors (Lipinski definition) is 4. The van der Waals surface area contributed by atoms with Gasteiger partial charge in [0.05, 0.1) is 12.2 Å². The minimum Gasteiger partial charge on any atom is -0.321 e. The third-order valence-corrected chi connectivity index (χ3v) is 6.60. The lowest BCUT2D eigenvalue weighted by atomic mass is 10.2. The molecule has 3 aromatic carbocycles. The maximum Gasteiger partial charge on any atom is 0.273 e. The fraction of sp³-hybridized carbons (Fsp3) is 0.0833. The molecule has 1 aromatic heterocycles. The van der Waals surface area contributed by atoms with Gasteiger partial charge in [-0.05, 0) is 73.2 Å². The second kappa shape index (κ2) is 9.85. The standard InChI is InChI=1S/C24H19ClF2N4O3S/c1-15-12-22(31(29-15)14-16-2-6-18(26)7-3-16)24(32)28-20-10-11-21(27)23(13-20)35(33,34)30-19-8-4-17(25)5-9-19/h2-13,30H,14H2,1H3,(H,28,32). The average molecular weight is 517 g/mol. The molecule has 11 heteroatoms. The Morgan fingerprint density at radius 2 is 1.63 bits per heavy atom. The molecular weight excluding hydrogens is 498 g/mol. The first-order chi connectivity index (χ1) is 16.6. The van der Waals surface area contributed by atoms with Crippen LogP contribution in [0.5, 0.6) is 0 Å². The van der Waals surface area contributed by atoms with E-state index in [1.807, 2.05) is 0 Å². The molecule has 0 fully saturated rings. The van der Waals surface area contributed by atoms with Gasteiger partial charge in [-0.25, -0.2) is 17.2 Å². The van der Waals surface area contributed by atoms with Gasteiger partial charge < -0.3 is 5.32 Å². The van der Waals surface area contributed by atoms with Crippen molar-refractivity contribution >= 4 is 38.9 Å². The topological polar surface area (TPSA) is 93.1 Å². The number of anilines is 2. The van der Waals surface area contributed by atoms with E-state index in [1.54, 1.807) is 25.1 Å². The van der Waals surface area contributed by atoms with Crippen molar-refractivity contribution in [1.82, 2.24) is 9.78 Å². The maximum absolute atomic E-state index is 14.4. The molecule has 35 heavy (non-hydrogen) atoms. The van der Waals surface area contributed by atoms with Crippen LogP contribution in [0.4, 0.5) is 20.2 Å². The molecule has 7 nitrogen and oxygen atoms in total. The first-order valence-corrected chi connectivity index (χ1v) is 12.1. The van der Waals surface area contributed by atoms with Crippen molar-refractivity contribution in [2.75, 3.05) is 10.0 Å². The highest BCUT2D eigenvalue weighted by atomic mass is 35.5. The van der Waals surface area contributed by atoms with Crippen LogP contribution in [0, 0.1) is 18.6 Å². The van der Waals surface area contributed by atoms with Gasteiger partial charge in [0, 0.05) is 16.4 Å². The van der Waals surface area contributed by atoms with Gasteiger partial charge in [0.1, 0.15) is 22.2 Å². The van der Waals surface area contributed by atoms with Crippen LogP contribution in [0.3, 0.4) is 0 Å². The van der Waals surface area contributed by atoms with E-state index < -0.39 is 26.6 Å². The van der Waals surface area contributed by atoms with Crippen LogP contribution in [0.2, 0.25) is 5.02 Å². The molecule has 0 saturated carbocycles. The molecule has 0 atom stereocenters. The van der Waals surface area contributed by atoms with Gasteiger partial charge >= 0.3 is 0 Å². The van der Waals surface area contributed by atoms with E-state index in [4.69, 9.17) is 11.6 Å². The summed E-state index contributed by atoms with van der Waals surface area (Å²) in [4.78, 5) is 12.3. The Morgan fingerprint density at radius 1 is 0.971 bits per heavy atom. The van der Waals surface area contributed by atoms with E-state index in [0.29, 0.717) is 10.7 Å². The number of sulfonamides is 1. The summed E-state index contributed by atoms with van der Waals surface area (Å²) in [5.41, 5.74) is 1.77. The molecule has 0 saturated heterocycles. The fourth-order valence-corrected chi connectivity index (χ4v) is 4.61. The lowest BCUT2D eigenvalue weighted by Gasteiger charge is -2.12. The number of aryl methyl sites for hydroxylation is 1. The van der Waals surface area contributed by atoms with Crippen LogP contribution in [-0.4, -0.2) is 24.1 Å². The Bertz CT molecular complexity index is 1490. The largest absolute Gasteiger partial charge is 0.321 e. The second-order valence-corrected chi connectivity index (χ2v) is 9.75. The first-order valence-electron chi connectivity index (χ1n) is 10.3. The fourth-order valence-electron chi connectivity index (χ4n) is 3.32. The minimum atomic E-state index is -4.30. The Morgan fingerprint density at radius 3 is 2.31 bits per heavy atom.